The minimum atomic E-state index is -4.50. The van der Waals surface area contributed by atoms with E-state index in [2.05, 4.69) is 24.3 Å². The van der Waals surface area contributed by atoms with Crippen LogP contribution >= 0.6 is 7.82 Å². The van der Waals surface area contributed by atoms with Gasteiger partial charge in [0, 0.05) is 31.1 Å². The molecule has 47 heavy (non-hydrogen) atoms. The largest absolute Gasteiger partial charge is 0.480 e. The van der Waals surface area contributed by atoms with Crippen LogP contribution in [0.1, 0.15) is 50.7 Å². The normalized spacial score (nSPS) is 17.1. The monoisotopic (exact) mass is 677 g/mol. The third-order valence-electron chi connectivity index (χ3n) is 8.76. The zero-order valence-electron chi connectivity index (χ0n) is 27.1. The average Bonchev–Trinajstić information content (AvgIpc) is 3.03. The lowest BCUT2D eigenvalue weighted by Gasteiger charge is -2.41. The molecule has 4 N–H and O–H groups in total. The summed E-state index contributed by atoms with van der Waals surface area (Å²) < 4.78 is 24.5. The summed E-state index contributed by atoms with van der Waals surface area (Å²) in [6.07, 6.45) is 2.05. The first-order valence-corrected chi connectivity index (χ1v) is 17.5. The lowest BCUT2D eigenvalue weighted by Crippen LogP contribution is -2.49. The molecule has 1 saturated carbocycles. The Morgan fingerprint density at radius 1 is 0.809 bits per heavy atom. The van der Waals surface area contributed by atoms with E-state index in [0.717, 1.165) is 12.8 Å². The standard InChI is InChI=1S/C33H48N3O10P/c1-3-36(4-2)28(21-34(22-30(37)38)19-20-35(23-31(39)40)24-32(41)42)25-45-47(43,44)46-29-15-17-33(18-16-29,26-11-7-5-8-12-26)27-13-9-6-10-14-27/h5-14,28-29H,3-4,15-25H2,1-2H3,(H,37,38)(H,39,40)(H,41,42)(H,43,44). The second-order valence-corrected chi connectivity index (χ2v) is 13.3. The number of carboxylic acids is 3. The van der Waals surface area contributed by atoms with Gasteiger partial charge in [0.25, 0.3) is 0 Å². The summed E-state index contributed by atoms with van der Waals surface area (Å²) in [6, 6.07) is 20.0. The fourth-order valence-corrected chi connectivity index (χ4v) is 7.47. The number of benzene rings is 2. The molecule has 0 radical (unpaired) electrons. The molecule has 0 aliphatic heterocycles. The molecule has 0 heterocycles. The van der Waals surface area contributed by atoms with Crippen LogP contribution < -0.4 is 0 Å². The quantitative estimate of drug-likeness (QED) is 0.141. The van der Waals surface area contributed by atoms with Crippen molar-refractivity contribution in [3.63, 3.8) is 0 Å². The van der Waals surface area contributed by atoms with Gasteiger partial charge in [0.2, 0.25) is 0 Å². The number of hydrogen-bond donors (Lipinski definition) is 4. The average molecular weight is 678 g/mol. The smallest absolute Gasteiger partial charge is 0.472 e. The Hall–Kier alpha value is -3.16. The van der Waals surface area contributed by atoms with Crippen LogP contribution in [-0.2, 0) is 33.4 Å². The van der Waals surface area contributed by atoms with Gasteiger partial charge in [-0.05, 0) is 49.9 Å². The number of phosphoric ester groups is 1. The van der Waals surface area contributed by atoms with E-state index < -0.39 is 57.5 Å². The summed E-state index contributed by atoms with van der Waals surface area (Å²) in [7, 11) is -4.50. The minimum absolute atomic E-state index is 0.00551. The predicted octanol–water partition coefficient (Wildman–Crippen LogP) is 3.62. The molecule has 0 aromatic heterocycles. The van der Waals surface area contributed by atoms with Crippen LogP contribution in [0.5, 0.6) is 0 Å². The molecule has 1 aliphatic carbocycles. The Bertz CT molecular complexity index is 1260. The van der Waals surface area contributed by atoms with Crippen molar-refractivity contribution in [1.29, 1.82) is 0 Å². The van der Waals surface area contributed by atoms with Gasteiger partial charge in [-0.15, -0.1) is 0 Å². The van der Waals surface area contributed by atoms with Crippen LogP contribution in [0.4, 0.5) is 0 Å². The molecule has 1 aliphatic rings. The number of aliphatic carboxylic acids is 3. The first-order chi connectivity index (χ1) is 22.4. The first kappa shape index (κ1) is 38.3. The van der Waals surface area contributed by atoms with E-state index >= 15 is 0 Å². The molecule has 13 nitrogen and oxygen atoms in total. The molecule has 260 valence electrons. The predicted molar refractivity (Wildman–Crippen MR) is 175 cm³/mol. The Morgan fingerprint density at radius 2 is 1.26 bits per heavy atom. The van der Waals surface area contributed by atoms with Gasteiger partial charge in [-0.25, -0.2) is 4.57 Å². The van der Waals surface area contributed by atoms with Gasteiger partial charge in [0.05, 0.1) is 32.3 Å². The number of likely N-dealkylation sites (N-methyl/N-ethyl adjacent to an activating group) is 1. The summed E-state index contributed by atoms with van der Waals surface area (Å²) in [6.45, 7) is 3.44. The molecular formula is C33H48N3O10P. The number of nitrogens with zero attached hydrogens (tertiary/aromatic N) is 3. The van der Waals surface area contributed by atoms with Crippen molar-refractivity contribution in [3.8, 4) is 0 Å². The SMILES string of the molecule is CCN(CC)C(COP(=O)(O)OC1CCC(c2ccccc2)(c2ccccc2)CC1)CN(CCN(CC(=O)O)CC(=O)O)CC(=O)O. The maximum Gasteiger partial charge on any atom is 0.472 e. The van der Waals surface area contributed by atoms with Gasteiger partial charge in [0.15, 0.2) is 0 Å². The van der Waals surface area contributed by atoms with Crippen LogP contribution in [0, 0.1) is 0 Å². The van der Waals surface area contributed by atoms with E-state index in [9.17, 15) is 28.9 Å². The maximum atomic E-state index is 13.2. The van der Waals surface area contributed by atoms with Crippen molar-refractivity contribution in [2.75, 3.05) is 59.0 Å². The molecule has 0 saturated heterocycles. The van der Waals surface area contributed by atoms with E-state index in [1.807, 2.05) is 55.1 Å². The van der Waals surface area contributed by atoms with E-state index in [4.69, 9.17) is 19.3 Å². The Kier molecular flexibility index (Phi) is 15.0. The molecule has 14 heteroatoms. The third kappa shape index (κ3) is 12.1. The van der Waals surface area contributed by atoms with Gasteiger partial charge < -0.3 is 20.2 Å². The molecule has 2 unspecified atom stereocenters. The van der Waals surface area contributed by atoms with Crippen molar-refractivity contribution in [1.82, 2.24) is 14.7 Å². The van der Waals surface area contributed by atoms with Crippen molar-refractivity contribution >= 4 is 25.7 Å². The summed E-state index contributed by atoms with van der Waals surface area (Å²) in [5.74, 6) is -3.52. The highest BCUT2D eigenvalue weighted by molar-refractivity contribution is 7.47. The summed E-state index contributed by atoms with van der Waals surface area (Å²) in [5.41, 5.74) is 2.14. The molecule has 3 rings (SSSR count). The molecule has 0 amide bonds. The highest BCUT2D eigenvalue weighted by Gasteiger charge is 2.41. The van der Waals surface area contributed by atoms with Crippen LogP contribution in [0.2, 0.25) is 0 Å². The third-order valence-corrected chi connectivity index (χ3v) is 9.80. The van der Waals surface area contributed by atoms with Gasteiger partial charge in [-0.1, -0.05) is 74.5 Å². The summed E-state index contributed by atoms with van der Waals surface area (Å²) in [5, 5.41) is 27.8. The Morgan fingerprint density at radius 3 is 1.70 bits per heavy atom. The number of carbonyl (C=O) groups is 3. The molecule has 0 bridgehead atoms. The van der Waals surface area contributed by atoms with Crippen LogP contribution in [0.25, 0.3) is 0 Å². The summed E-state index contributed by atoms with van der Waals surface area (Å²) in [4.78, 5) is 49.6. The number of hydrogen-bond acceptors (Lipinski definition) is 9. The maximum absolute atomic E-state index is 13.2. The number of rotatable bonds is 21. The van der Waals surface area contributed by atoms with Crippen LogP contribution in [0.15, 0.2) is 60.7 Å². The zero-order valence-corrected chi connectivity index (χ0v) is 28.0. The fraction of sp³-hybridized carbons (Fsp3) is 0.545. The highest BCUT2D eigenvalue weighted by atomic mass is 31.2. The second-order valence-electron chi connectivity index (χ2n) is 11.9. The van der Waals surface area contributed by atoms with Crippen LogP contribution in [0.3, 0.4) is 0 Å². The summed E-state index contributed by atoms with van der Waals surface area (Å²) >= 11 is 0. The van der Waals surface area contributed by atoms with Gasteiger partial charge in [0.1, 0.15) is 0 Å². The van der Waals surface area contributed by atoms with Gasteiger partial charge in [-0.3, -0.25) is 38.1 Å². The minimum Gasteiger partial charge on any atom is -0.480 e. The second kappa shape index (κ2) is 18.4. The highest BCUT2D eigenvalue weighted by Crippen LogP contribution is 2.51. The molecule has 2 atom stereocenters. The van der Waals surface area contributed by atoms with Gasteiger partial charge >= 0.3 is 25.7 Å². The van der Waals surface area contributed by atoms with Crippen molar-refractivity contribution in [3.05, 3.63) is 71.8 Å². The lowest BCUT2D eigenvalue weighted by atomic mass is 9.65. The Balaban J connectivity index is 1.66. The molecule has 2 aromatic rings. The fourth-order valence-electron chi connectivity index (χ4n) is 6.46. The number of carboxylic acid groups (broad SMARTS) is 3. The molecule has 1 fully saturated rings. The van der Waals surface area contributed by atoms with Crippen molar-refractivity contribution in [2.24, 2.45) is 0 Å². The first-order valence-electron chi connectivity index (χ1n) is 16.0. The number of phosphoric acid groups is 1. The molecule has 2 aromatic carbocycles. The van der Waals surface area contributed by atoms with E-state index in [1.54, 1.807) is 4.90 Å². The van der Waals surface area contributed by atoms with Gasteiger partial charge in [-0.2, -0.15) is 0 Å². The topological polar surface area (TPSA) is 177 Å². The van der Waals surface area contributed by atoms with Crippen molar-refractivity contribution < 1.29 is 48.2 Å². The Labute approximate surface area is 276 Å². The lowest BCUT2D eigenvalue weighted by molar-refractivity contribution is -0.143. The van der Waals surface area contributed by atoms with Crippen LogP contribution in [-0.4, -0.2) is 124 Å². The molecule has 0 spiro atoms. The van der Waals surface area contributed by atoms with Crippen molar-refractivity contribution in [2.45, 2.75) is 57.1 Å². The van der Waals surface area contributed by atoms with E-state index in [-0.39, 0.29) is 31.7 Å². The zero-order chi connectivity index (χ0) is 34.5. The van der Waals surface area contributed by atoms with E-state index in [0.29, 0.717) is 25.9 Å². The van der Waals surface area contributed by atoms with E-state index in [1.165, 1.54) is 16.0 Å². The molecular weight excluding hydrogens is 629 g/mol.